The van der Waals surface area contributed by atoms with E-state index in [1.807, 2.05) is 30.0 Å². The fourth-order valence-corrected chi connectivity index (χ4v) is 2.04. The van der Waals surface area contributed by atoms with Gasteiger partial charge in [0.1, 0.15) is 5.75 Å². The van der Waals surface area contributed by atoms with Gasteiger partial charge in [-0.2, -0.15) is 0 Å². The number of methoxy groups -OCH3 is 1. The van der Waals surface area contributed by atoms with E-state index in [0.717, 1.165) is 36.6 Å². The van der Waals surface area contributed by atoms with E-state index < -0.39 is 5.97 Å². The molecule has 0 atom stereocenters. The lowest BCUT2D eigenvalue weighted by atomic mass is 10.1. The van der Waals surface area contributed by atoms with Crippen molar-refractivity contribution in [3.05, 3.63) is 23.8 Å². The SMILES string of the molecule is CCNCc1ccc(N(CC)CCC(=O)O)c(OC)c1. The molecule has 0 saturated carbocycles. The van der Waals surface area contributed by atoms with Crippen LogP contribution in [0.2, 0.25) is 0 Å². The van der Waals surface area contributed by atoms with Gasteiger partial charge in [-0.05, 0) is 31.2 Å². The molecule has 0 aliphatic heterocycles. The average molecular weight is 280 g/mol. The second-order valence-electron chi connectivity index (χ2n) is 4.51. The van der Waals surface area contributed by atoms with Gasteiger partial charge in [-0.3, -0.25) is 4.79 Å². The highest BCUT2D eigenvalue weighted by molar-refractivity contribution is 5.68. The largest absolute Gasteiger partial charge is 0.495 e. The standard InChI is InChI=1S/C15H24N2O3/c1-4-16-11-12-6-7-13(14(10-12)20-3)17(5-2)9-8-15(18)19/h6-7,10,16H,4-5,8-9,11H2,1-3H3,(H,18,19). The van der Waals surface area contributed by atoms with Gasteiger partial charge in [0.2, 0.25) is 0 Å². The number of nitrogens with one attached hydrogen (secondary N) is 1. The number of ether oxygens (including phenoxy) is 1. The number of carboxylic acid groups (broad SMARTS) is 1. The Hall–Kier alpha value is -1.75. The summed E-state index contributed by atoms with van der Waals surface area (Å²) in [4.78, 5) is 12.7. The molecule has 1 rings (SSSR count). The van der Waals surface area contributed by atoms with Gasteiger partial charge in [0, 0.05) is 19.6 Å². The first-order chi connectivity index (χ1) is 9.62. The van der Waals surface area contributed by atoms with Crippen LogP contribution >= 0.6 is 0 Å². The topological polar surface area (TPSA) is 61.8 Å². The predicted molar refractivity (Wildman–Crippen MR) is 80.5 cm³/mol. The quantitative estimate of drug-likeness (QED) is 0.725. The van der Waals surface area contributed by atoms with Crippen LogP contribution in [0.5, 0.6) is 5.75 Å². The molecule has 0 amide bonds. The van der Waals surface area contributed by atoms with Crippen LogP contribution in [0.25, 0.3) is 0 Å². The van der Waals surface area contributed by atoms with Crippen molar-refractivity contribution in [1.82, 2.24) is 5.32 Å². The van der Waals surface area contributed by atoms with Gasteiger partial charge in [-0.25, -0.2) is 0 Å². The highest BCUT2D eigenvalue weighted by Gasteiger charge is 2.12. The molecule has 0 aromatic heterocycles. The Bertz CT molecular complexity index is 435. The van der Waals surface area contributed by atoms with Gasteiger partial charge in [-0.1, -0.05) is 13.0 Å². The van der Waals surface area contributed by atoms with Crippen molar-refractivity contribution in [3.8, 4) is 5.75 Å². The number of aliphatic carboxylic acids is 1. The molecule has 0 spiro atoms. The van der Waals surface area contributed by atoms with Crippen LogP contribution in [0, 0.1) is 0 Å². The average Bonchev–Trinajstić information content (AvgIpc) is 2.46. The van der Waals surface area contributed by atoms with Crippen LogP contribution in [0.4, 0.5) is 5.69 Å². The first-order valence-electron chi connectivity index (χ1n) is 6.96. The Morgan fingerprint density at radius 3 is 2.70 bits per heavy atom. The summed E-state index contributed by atoms with van der Waals surface area (Å²) in [5.41, 5.74) is 2.10. The summed E-state index contributed by atoms with van der Waals surface area (Å²) < 4.78 is 5.44. The van der Waals surface area contributed by atoms with E-state index in [2.05, 4.69) is 12.2 Å². The number of hydrogen-bond donors (Lipinski definition) is 2. The van der Waals surface area contributed by atoms with E-state index in [9.17, 15) is 4.79 Å². The molecule has 5 heteroatoms. The van der Waals surface area contributed by atoms with Gasteiger partial charge in [0.05, 0.1) is 19.2 Å². The molecule has 2 N–H and O–H groups in total. The summed E-state index contributed by atoms with van der Waals surface area (Å²) in [6.45, 7) is 7.02. The highest BCUT2D eigenvalue weighted by Crippen LogP contribution is 2.29. The molecule has 1 aromatic rings. The van der Waals surface area contributed by atoms with Crippen molar-refractivity contribution in [1.29, 1.82) is 0 Å². The number of carboxylic acids is 1. The third-order valence-electron chi connectivity index (χ3n) is 3.14. The summed E-state index contributed by atoms with van der Waals surface area (Å²) in [5, 5.41) is 12.1. The molecule has 0 saturated heterocycles. The monoisotopic (exact) mass is 280 g/mol. The minimum Gasteiger partial charge on any atom is -0.495 e. The Labute approximate surface area is 120 Å². The van der Waals surface area contributed by atoms with Gasteiger partial charge in [0.15, 0.2) is 0 Å². The minimum atomic E-state index is -0.786. The Morgan fingerprint density at radius 2 is 2.15 bits per heavy atom. The second-order valence-corrected chi connectivity index (χ2v) is 4.51. The van der Waals surface area contributed by atoms with Crippen LogP contribution in [0.15, 0.2) is 18.2 Å². The maximum absolute atomic E-state index is 10.7. The maximum atomic E-state index is 10.7. The Balaban J connectivity index is 2.88. The lowest BCUT2D eigenvalue weighted by Gasteiger charge is -2.24. The summed E-state index contributed by atoms with van der Waals surface area (Å²) in [6.07, 6.45) is 0.121. The van der Waals surface area contributed by atoms with Gasteiger partial charge >= 0.3 is 5.97 Å². The molecule has 0 bridgehead atoms. The van der Waals surface area contributed by atoms with E-state index in [-0.39, 0.29) is 6.42 Å². The molecule has 20 heavy (non-hydrogen) atoms. The summed E-state index contributed by atoms with van der Waals surface area (Å²) >= 11 is 0. The smallest absolute Gasteiger partial charge is 0.305 e. The Morgan fingerprint density at radius 1 is 1.40 bits per heavy atom. The first kappa shape index (κ1) is 16.3. The molecule has 0 aliphatic carbocycles. The first-order valence-corrected chi connectivity index (χ1v) is 6.96. The molecule has 0 aliphatic rings. The molecule has 0 unspecified atom stereocenters. The number of hydrogen-bond acceptors (Lipinski definition) is 4. The van der Waals surface area contributed by atoms with Crippen molar-refractivity contribution in [2.75, 3.05) is 31.6 Å². The van der Waals surface area contributed by atoms with Crippen molar-refractivity contribution in [2.45, 2.75) is 26.8 Å². The van der Waals surface area contributed by atoms with E-state index in [4.69, 9.17) is 9.84 Å². The number of rotatable bonds is 9. The predicted octanol–water partition coefficient (Wildman–Crippen LogP) is 2.11. The molecule has 112 valence electrons. The van der Waals surface area contributed by atoms with Crippen molar-refractivity contribution >= 4 is 11.7 Å². The second kappa shape index (κ2) is 8.43. The zero-order chi connectivity index (χ0) is 15.0. The fourth-order valence-electron chi connectivity index (χ4n) is 2.04. The number of carbonyl (C=O) groups is 1. The number of benzene rings is 1. The van der Waals surface area contributed by atoms with Gasteiger partial charge in [-0.15, -0.1) is 0 Å². The molecule has 1 aromatic carbocycles. The van der Waals surface area contributed by atoms with Crippen LogP contribution in [0.3, 0.4) is 0 Å². The van der Waals surface area contributed by atoms with E-state index >= 15 is 0 Å². The van der Waals surface area contributed by atoms with Crippen LogP contribution in [-0.4, -0.2) is 37.8 Å². The van der Waals surface area contributed by atoms with Crippen molar-refractivity contribution < 1.29 is 14.6 Å². The number of anilines is 1. The molecular formula is C15H24N2O3. The summed E-state index contributed by atoms with van der Waals surface area (Å²) in [7, 11) is 1.64. The van der Waals surface area contributed by atoms with Crippen LogP contribution in [0.1, 0.15) is 25.8 Å². The maximum Gasteiger partial charge on any atom is 0.305 e. The summed E-state index contributed by atoms with van der Waals surface area (Å²) in [5.74, 6) is -0.00109. The minimum absolute atomic E-state index is 0.121. The van der Waals surface area contributed by atoms with E-state index in [1.54, 1.807) is 7.11 Å². The molecule has 0 radical (unpaired) electrons. The van der Waals surface area contributed by atoms with Crippen LogP contribution in [-0.2, 0) is 11.3 Å². The van der Waals surface area contributed by atoms with Crippen molar-refractivity contribution in [2.24, 2.45) is 0 Å². The summed E-state index contributed by atoms with van der Waals surface area (Å²) in [6, 6.07) is 6.04. The van der Waals surface area contributed by atoms with E-state index in [1.165, 1.54) is 0 Å². The lowest BCUT2D eigenvalue weighted by Crippen LogP contribution is -2.26. The van der Waals surface area contributed by atoms with Crippen LogP contribution < -0.4 is 15.0 Å². The zero-order valence-electron chi connectivity index (χ0n) is 12.5. The van der Waals surface area contributed by atoms with Gasteiger partial charge in [0.25, 0.3) is 0 Å². The molecular weight excluding hydrogens is 256 g/mol. The van der Waals surface area contributed by atoms with E-state index in [0.29, 0.717) is 6.54 Å². The van der Waals surface area contributed by atoms with Gasteiger partial charge < -0.3 is 20.1 Å². The molecule has 5 nitrogen and oxygen atoms in total. The Kier molecular flexibility index (Phi) is 6.87. The van der Waals surface area contributed by atoms with Crippen molar-refractivity contribution in [3.63, 3.8) is 0 Å². The molecule has 0 fully saturated rings. The zero-order valence-corrected chi connectivity index (χ0v) is 12.5. The lowest BCUT2D eigenvalue weighted by molar-refractivity contribution is -0.136. The number of nitrogens with zero attached hydrogens (tertiary/aromatic N) is 1. The highest BCUT2D eigenvalue weighted by atomic mass is 16.5. The third kappa shape index (κ3) is 4.74. The third-order valence-corrected chi connectivity index (χ3v) is 3.14. The fraction of sp³-hybridized carbons (Fsp3) is 0.533. The normalized spacial score (nSPS) is 10.3. The molecule has 0 heterocycles.